The number of ether oxygens (including phenoxy) is 1. The van der Waals surface area contributed by atoms with Gasteiger partial charge in [-0.3, -0.25) is 4.79 Å². The fraction of sp³-hybridized carbons (Fsp3) is 0.944. The van der Waals surface area contributed by atoms with Gasteiger partial charge in [0.1, 0.15) is 0 Å². The predicted octanol–water partition coefficient (Wildman–Crippen LogP) is 5.81. The molecule has 0 atom stereocenters. The number of carboxylic acids is 1. The highest BCUT2D eigenvalue weighted by molar-refractivity contribution is 5.66. The van der Waals surface area contributed by atoms with Crippen molar-refractivity contribution in [2.24, 2.45) is 0 Å². The van der Waals surface area contributed by atoms with E-state index in [2.05, 4.69) is 11.7 Å². The maximum atomic E-state index is 10.3. The lowest BCUT2D eigenvalue weighted by molar-refractivity contribution is -0.137. The first kappa shape index (κ1) is 22.7. The Morgan fingerprint density at radius 2 is 1.00 bits per heavy atom. The molecule has 1 N–H and O–H groups in total. The second-order valence-electron chi connectivity index (χ2n) is 5.79. The molecule has 0 spiro atoms. The SMILES string of the molecule is CCCCCCCCCCCCCCCC(=O)O.COC. The average molecular weight is 302 g/mol. The molecule has 0 aromatic carbocycles. The minimum atomic E-state index is -0.655. The van der Waals surface area contributed by atoms with Crippen LogP contribution in [-0.2, 0) is 9.53 Å². The lowest BCUT2D eigenvalue weighted by Gasteiger charge is -2.02. The van der Waals surface area contributed by atoms with Crippen LogP contribution in [0.1, 0.15) is 96.8 Å². The summed E-state index contributed by atoms with van der Waals surface area (Å²) in [6.07, 6.45) is 17.3. The highest BCUT2D eigenvalue weighted by Gasteiger charge is 1.96. The van der Waals surface area contributed by atoms with Crippen molar-refractivity contribution in [3.8, 4) is 0 Å². The third-order valence-corrected chi connectivity index (χ3v) is 3.49. The Morgan fingerprint density at radius 3 is 1.29 bits per heavy atom. The van der Waals surface area contributed by atoms with Crippen molar-refractivity contribution in [1.82, 2.24) is 0 Å². The highest BCUT2D eigenvalue weighted by atomic mass is 16.4. The quantitative estimate of drug-likeness (QED) is 0.411. The van der Waals surface area contributed by atoms with Gasteiger partial charge in [0.25, 0.3) is 0 Å². The van der Waals surface area contributed by atoms with Gasteiger partial charge in [-0.05, 0) is 6.42 Å². The summed E-state index contributed by atoms with van der Waals surface area (Å²) in [6, 6.07) is 0. The number of carbonyl (C=O) groups is 1. The Balaban J connectivity index is 0. The summed E-state index contributed by atoms with van der Waals surface area (Å²) in [5, 5.41) is 8.49. The topological polar surface area (TPSA) is 46.5 Å². The van der Waals surface area contributed by atoms with Crippen molar-refractivity contribution in [2.45, 2.75) is 96.8 Å². The van der Waals surface area contributed by atoms with Gasteiger partial charge in [-0.2, -0.15) is 0 Å². The molecule has 0 unspecified atom stereocenters. The molecule has 0 bridgehead atoms. The molecule has 0 amide bonds. The Kier molecular flexibility index (Phi) is 23.5. The molecule has 0 saturated heterocycles. The van der Waals surface area contributed by atoms with Crippen LogP contribution in [0.3, 0.4) is 0 Å². The lowest BCUT2D eigenvalue weighted by atomic mass is 10.0. The summed E-state index contributed by atoms with van der Waals surface area (Å²) in [7, 11) is 3.25. The summed E-state index contributed by atoms with van der Waals surface area (Å²) >= 11 is 0. The van der Waals surface area contributed by atoms with Crippen molar-refractivity contribution in [2.75, 3.05) is 14.2 Å². The minimum absolute atomic E-state index is 0.345. The fourth-order valence-corrected chi connectivity index (χ4v) is 2.29. The summed E-state index contributed by atoms with van der Waals surface area (Å²) in [5.74, 6) is -0.655. The predicted molar refractivity (Wildman–Crippen MR) is 90.9 cm³/mol. The van der Waals surface area contributed by atoms with Crippen LogP contribution in [0.4, 0.5) is 0 Å². The highest BCUT2D eigenvalue weighted by Crippen LogP contribution is 2.12. The maximum absolute atomic E-state index is 10.3. The Labute approximate surface area is 132 Å². The van der Waals surface area contributed by atoms with Crippen LogP contribution in [0.5, 0.6) is 0 Å². The van der Waals surface area contributed by atoms with Gasteiger partial charge in [0.15, 0.2) is 0 Å². The van der Waals surface area contributed by atoms with Crippen LogP contribution < -0.4 is 0 Å². The molecule has 3 heteroatoms. The number of carboxylic acid groups (broad SMARTS) is 1. The second kappa shape index (κ2) is 21.7. The van der Waals surface area contributed by atoms with Gasteiger partial charge < -0.3 is 9.84 Å². The zero-order chi connectivity index (χ0) is 16.2. The van der Waals surface area contributed by atoms with Crippen LogP contribution in [0.25, 0.3) is 0 Å². The summed E-state index contributed by atoms with van der Waals surface area (Å²) in [5.41, 5.74) is 0. The van der Waals surface area contributed by atoms with Gasteiger partial charge in [-0.15, -0.1) is 0 Å². The molecule has 0 aromatic heterocycles. The fourth-order valence-electron chi connectivity index (χ4n) is 2.29. The van der Waals surface area contributed by atoms with E-state index in [9.17, 15) is 4.79 Å². The number of aliphatic carboxylic acids is 1. The number of rotatable bonds is 14. The number of unbranched alkanes of at least 4 members (excludes halogenated alkanes) is 12. The molecule has 0 aliphatic carbocycles. The Bertz CT molecular complexity index is 193. The summed E-state index contributed by atoms with van der Waals surface area (Å²) in [6.45, 7) is 2.26. The van der Waals surface area contributed by atoms with Crippen LogP contribution in [-0.4, -0.2) is 25.3 Å². The molecule has 0 aliphatic heterocycles. The minimum Gasteiger partial charge on any atom is -0.481 e. The summed E-state index contributed by atoms with van der Waals surface area (Å²) in [4.78, 5) is 10.3. The number of hydrogen-bond donors (Lipinski definition) is 1. The Morgan fingerprint density at radius 1 is 0.714 bits per heavy atom. The molecule has 0 aromatic rings. The Hall–Kier alpha value is -0.570. The van der Waals surface area contributed by atoms with Gasteiger partial charge in [-0.25, -0.2) is 0 Å². The van der Waals surface area contributed by atoms with E-state index >= 15 is 0 Å². The third kappa shape index (κ3) is 28.3. The van der Waals surface area contributed by atoms with Gasteiger partial charge in [0, 0.05) is 20.6 Å². The van der Waals surface area contributed by atoms with E-state index in [1.165, 1.54) is 70.6 Å². The van der Waals surface area contributed by atoms with E-state index in [0.29, 0.717) is 6.42 Å². The van der Waals surface area contributed by atoms with Gasteiger partial charge >= 0.3 is 5.97 Å². The molecule has 21 heavy (non-hydrogen) atoms. The van der Waals surface area contributed by atoms with Gasteiger partial charge in [0.05, 0.1) is 0 Å². The molecule has 0 fully saturated rings. The van der Waals surface area contributed by atoms with Crippen molar-refractivity contribution in [3.63, 3.8) is 0 Å². The maximum Gasteiger partial charge on any atom is 0.303 e. The molecular weight excluding hydrogens is 264 g/mol. The first-order chi connectivity index (χ1) is 10.2. The standard InChI is InChI=1S/C16H32O2.C2H6O/c1-2-3-4-5-6-7-8-9-10-11-12-13-14-15-16(17)18;1-3-2/h2-15H2,1H3,(H,17,18);1-2H3. The normalized spacial score (nSPS) is 10.0. The number of methoxy groups -OCH3 is 1. The molecule has 0 aliphatic rings. The molecule has 128 valence electrons. The number of hydrogen-bond acceptors (Lipinski definition) is 2. The van der Waals surface area contributed by atoms with E-state index in [4.69, 9.17) is 5.11 Å². The molecule has 0 rings (SSSR count). The van der Waals surface area contributed by atoms with E-state index in [1.807, 2.05) is 0 Å². The van der Waals surface area contributed by atoms with Crippen molar-refractivity contribution in [1.29, 1.82) is 0 Å². The second-order valence-corrected chi connectivity index (χ2v) is 5.79. The van der Waals surface area contributed by atoms with E-state index in [0.717, 1.165) is 12.8 Å². The van der Waals surface area contributed by atoms with Crippen molar-refractivity contribution in [3.05, 3.63) is 0 Å². The van der Waals surface area contributed by atoms with Crippen LogP contribution in [0, 0.1) is 0 Å². The first-order valence-electron chi connectivity index (χ1n) is 8.80. The average Bonchev–Trinajstić information content (AvgIpc) is 2.44. The van der Waals surface area contributed by atoms with Crippen molar-refractivity contribution < 1.29 is 14.6 Å². The monoisotopic (exact) mass is 302 g/mol. The van der Waals surface area contributed by atoms with Gasteiger partial charge in [0.2, 0.25) is 0 Å². The molecule has 0 saturated carbocycles. The zero-order valence-electron chi connectivity index (χ0n) is 14.7. The van der Waals surface area contributed by atoms with Crippen molar-refractivity contribution >= 4 is 5.97 Å². The van der Waals surface area contributed by atoms with Crippen LogP contribution in [0.2, 0.25) is 0 Å². The smallest absolute Gasteiger partial charge is 0.303 e. The molecule has 0 radical (unpaired) electrons. The molecule has 3 nitrogen and oxygen atoms in total. The summed E-state index contributed by atoms with van der Waals surface area (Å²) < 4.78 is 4.25. The van der Waals surface area contributed by atoms with E-state index in [-0.39, 0.29) is 0 Å². The molecular formula is C18H38O3. The first-order valence-corrected chi connectivity index (χ1v) is 8.80. The lowest BCUT2D eigenvalue weighted by Crippen LogP contribution is -1.93. The van der Waals surface area contributed by atoms with Crippen LogP contribution >= 0.6 is 0 Å². The molecule has 0 heterocycles. The van der Waals surface area contributed by atoms with E-state index in [1.54, 1.807) is 14.2 Å². The van der Waals surface area contributed by atoms with Crippen LogP contribution in [0.15, 0.2) is 0 Å². The largest absolute Gasteiger partial charge is 0.481 e. The third-order valence-electron chi connectivity index (χ3n) is 3.49. The van der Waals surface area contributed by atoms with E-state index < -0.39 is 5.97 Å². The van der Waals surface area contributed by atoms with Gasteiger partial charge in [-0.1, -0.05) is 84.0 Å². The zero-order valence-corrected chi connectivity index (χ0v) is 14.7.